The molecule has 2 N–H and O–H groups in total. The smallest absolute Gasteiger partial charge is 0.283 e. The molecule has 1 amide bonds. The van der Waals surface area contributed by atoms with Gasteiger partial charge in [-0.3, -0.25) is 4.79 Å². The number of piperazine rings is 1. The number of rotatable bonds is 4. The Labute approximate surface area is 182 Å². The lowest BCUT2D eigenvalue weighted by Crippen LogP contribution is -3.14. The van der Waals surface area contributed by atoms with E-state index in [0.717, 1.165) is 35.7 Å². The number of hydrogen-bond donors (Lipinski definition) is 2. The fourth-order valence-corrected chi connectivity index (χ4v) is 4.89. The van der Waals surface area contributed by atoms with E-state index in [1.54, 1.807) is 0 Å². The highest BCUT2D eigenvalue weighted by Gasteiger charge is 2.39. The molecule has 1 aromatic heterocycles. The Morgan fingerprint density at radius 2 is 1.74 bits per heavy atom. The van der Waals surface area contributed by atoms with Crippen molar-refractivity contribution in [2.75, 3.05) is 13.1 Å². The molecule has 0 aliphatic carbocycles. The van der Waals surface area contributed by atoms with Crippen molar-refractivity contribution >= 4 is 16.7 Å². The van der Waals surface area contributed by atoms with Crippen molar-refractivity contribution < 1.29 is 9.69 Å². The molecule has 0 spiro atoms. The monoisotopic (exact) mass is 411 g/mol. The number of fused-ring (bicyclic) bond motifs is 1. The van der Waals surface area contributed by atoms with Crippen molar-refractivity contribution in [1.82, 2.24) is 15.1 Å². The number of benzene rings is 3. The van der Waals surface area contributed by atoms with Crippen LogP contribution in [-0.4, -0.2) is 28.8 Å². The summed E-state index contributed by atoms with van der Waals surface area (Å²) in [5.41, 5.74) is 5.27. The van der Waals surface area contributed by atoms with E-state index in [4.69, 9.17) is 5.10 Å². The maximum Gasteiger partial charge on any atom is 0.283 e. The Hall–Kier alpha value is -3.44. The summed E-state index contributed by atoms with van der Waals surface area (Å²) in [7, 11) is 0. The Balaban J connectivity index is 1.56. The topological polar surface area (TPSA) is 51.4 Å². The number of aryl methyl sites for hydroxylation is 1. The first-order valence-corrected chi connectivity index (χ1v) is 10.8. The number of hydrogen-bond acceptors (Lipinski definition) is 2. The molecule has 1 fully saturated rings. The van der Waals surface area contributed by atoms with Gasteiger partial charge in [-0.15, -0.1) is 0 Å². The average molecular weight is 412 g/mol. The molecule has 1 saturated heterocycles. The van der Waals surface area contributed by atoms with E-state index in [1.807, 2.05) is 41.9 Å². The van der Waals surface area contributed by atoms with Gasteiger partial charge in [0.05, 0.1) is 35.7 Å². The molecule has 1 aliphatic heterocycles. The molecule has 0 bridgehead atoms. The van der Waals surface area contributed by atoms with Gasteiger partial charge in [0.25, 0.3) is 5.91 Å². The van der Waals surface area contributed by atoms with E-state index >= 15 is 0 Å². The van der Waals surface area contributed by atoms with Crippen LogP contribution >= 0.6 is 0 Å². The zero-order valence-electron chi connectivity index (χ0n) is 17.9. The van der Waals surface area contributed by atoms with Gasteiger partial charge in [-0.2, -0.15) is 5.10 Å². The quantitative estimate of drug-likeness (QED) is 0.543. The van der Waals surface area contributed by atoms with Crippen molar-refractivity contribution in [3.8, 4) is 5.69 Å². The number of nitrogens with zero attached hydrogens (tertiary/aromatic N) is 2. The first-order valence-electron chi connectivity index (χ1n) is 10.8. The summed E-state index contributed by atoms with van der Waals surface area (Å²) in [6.45, 7) is 6.46. The Morgan fingerprint density at radius 1 is 1.00 bits per heavy atom. The van der Waals surface area contributed by atoms with Crippen LogP contribution in [0.3, 0.4) is 0 Å². The molecule has 4 aromatic rings. The second kappa shape index (κ2) is 8.00. The van der Waals surface area contributed by atoms with Gasteiger partial charge in [0.1, 0.15) is 6.54 Å². The van der Waals surface area contributed by atoms with Gasteiger partial charge < -0.3 is 10.2 Å². The zero-order valence-corrected chi connectivity index (χ0v) is 17.9. The lowest BCUT2D eigenvalue weighted by Gasteiger charge is -2.32. The first-order chi connectivity index (χ1) is 15.1. The van der Waals surface area contributed by atoms with Crippen LogP contribution in [0.25, 0.3) is 16.5 Å². The van der Waals surface area contributed by atoms with Gasteiger partial charge in [0, 0.05) is 5.56 Å². The van der Waals surface area contributed by atoms with Crippen molar-refractivity contribution in [3.05, 3.63) is 95.3 Å². The van der Waals surface area contributed by atoms with Gasteiger partial charge in [-0.25, -0.2) is 4.68 Å². The molecule has 3 aromatic carbocycles. The number of carbonyl (C=O) groups is 1. The summed E-state index contributed by atoms with van der Waals surface area (Å²) in [6.07, 6.45) is 0. The highest BCUT2D eigenvalue weighted by molar-refractivity contribution is 5.86. The van der Waals surface area contributed by atoms with Gasteiger partial charge in [0.2, 0.25) is 0 Å². The van der Waals surface area contributed by atoms with E-state index in [2.05, 4.69) is 54.7 Å². The highest BCUT2D eigenvalue weighted by Crippen LogP contribution is 2.25. The van der Waals surface area contributed by atoms with E-state index < -0.39 is 0 Å². The number of amides is 1. The maximum absolute atomic E-state index is 13.1. The van der Waals surface area contributed by atoms with Gasteiger partial charge >= 0.3 is 0 Å². The molecule has 2 atom stereocenters. The second-order valence-electron chi connectivity index (χ2n) is 8.28. The standard InChI is InChI=1S/C26H26N4O/c1-18-24(19(2)30(28-18)22-12-4-3-5-13-22)25-26(31)27-15-16-29(25)17-21-11-8-10-20-9-6-7-14-23(20)21/h3-14,25H,15-17H2,1-2H3,(H,27,31)/p+1/t25-/m1/s1. The third kappa shape index (κ3) is 3.51. The molecule has 0 saturated carbocycles. The van der Waals surface area contributed by atoms with Crippen LogP contribution in [0.5, 0.6) is 0 Å². The molecule has 156 valence electrons. The number of aromatic nitrogens is 2. The molecule has 2 heterocycles. The number of para-hydroxylation sites is 1. The molecular formula is C26H27N4O+. The van der Waals surface area contributed by atoms with Gasteiger partial charge in [-0.05, 0) is 36.8 Å². The summed E-state index contributed by atoms with van der Waals surface area (Å²) in [6, 6.07) is 24.8. The lowest BCUT2D eigenvalue weighted by molar-refractivity contribution is -0.937. The first kappa shape index (κ1) is 19.5. The van der Waals surface area contributed by atoms with Crippen LogP contribution in [-0.2, 0) is 11.3 Å². The normalized spacial score (nSPS) is 18.8. The molecule has 1 unspecified atom stereocenters. The summed E-state index contributed by atoms with van der Waals surface area (Å²) in [5, 5.41) is 10.4. The van der Waals surface area contributed by atoms with Crippen LogP contribution in [0.2, 0.25) is 0 Å². The van der Waals surface area contributed by atoms with Crippen LogP contribution in [0.1, 0.15) is 28.6 Å². The van der Waals surface area contributed by atoms with Crippen LogP contribution in [0.4, 0.5) is 0 Å². The third-order valence-electron chi connectivity index (χ3n) is 6.35. The summed E-state index contributed by atoms with van der Waals surface area (Å²) in [5.74, 6) is 0.0836. The van der Waals surface area contributed by atoms with Crippen molar-refractivity contribution in [2.45, 2.75) is 26.4 Å². The predicted octanol–water partition coefficient (Wildman–Crippen LogP) is 2.90. The number of carbonyl (C=O) groups excluding carboxylic acids is 1. The minimum atomic E-state index is -0.273. The minimum absolute atomic E-state index is 0.0836. The van der Waals surface area contributed by atoms with E-state index in [-0.39, 0.29) is 11.9 Å². The Morgan fingerprint density at radius 3 is 2.58 bits per heavy atom. The number of nitrogens with one attached hydrogen (secondary N) is 2. The fraction of sp³-hybridized carbons (Fsp3) is 0.231. The van der Waals surface area contributed by atoms with E-state index in [1.165, 1.54) is 21.2 Å². The SMILES string of the molecule is Cc1nn(-c2ccccc2)c(C)c1[C@@H]1C(=O)NCC[NH+]1Cc1cccc2ccccc12. The largest absolute Gasteiger partial charge is 0.345 e. The molecule has 31 heavy (non-hydrogen) atoms. The zero-order chi connectivity index (χ0) is 21.4. The minimum Gasteiger partial charge on any atom is -0.345 e. The van der Waals surface area contributed by atoms with Gasteiger partial charge in [-0.1, -0.05) is 60.7 Å². The fourth-order valence-electron chi connectivity index (χ4n) is 4.89. The maximum atomic E-state index is 13.1. The van der Waals surface area contributed by atoms with Gasteiger partial charge in [0.15, 0.2) is 6.04 Å². The highest BCUT2D eigenvalue weighted by atomic mass is 16.2. The number of quaternary nitrogens is 1. The van der Waals surface area contributed by atoms with Crippen LogP contribution in [0, 0.1) is 13.8 Å². The van der Waals surface area contributed by atoms with Crippen LogP contribution in [0.15, 0.2) is 72.8 Å². The van der Waals surface area contributed by atoms with E-state index in [9.17, 15) is 4.79 Å². The Bertz CT molecular complexity index is 1240. The summed E-state index contributed by atoms with van der Waals surface area (Å²) in [4.78, 5) is 14.4. The average Bonchev–Trinajstić information content (AvgIpc) is 3.09. The lowest BCUT2D eigenvalue weighted by atomic mass is 9.98. The molecule has 5 nitrogen and oxygen atoms in total. The molecule has 0 radical (unpaired) electrons. The molecule has 5 rings (SSSR count). The summed E-state index contributed by atoms with van der Waals surface area (Å²) >= 11 is 0. The van der Waals surface area contributed by atoms with Crippen molar-refractivity contribution in [3.63, 3.8) is 0 Å². The van der Waals surface area contributed by atoms with Crippen molar-refractivity contribution in [2.24, 2.45) is 0 Å². The molecular weight excluding hydrogens is 384 g/mol. The Kier molecular flexibility index (Phi) is 5.04. The predicted molar refractivity (Wildman–Crippen MR) is 122 cm³/mol. The second-order valence-corrected chi connectivity index (χ2v) is 8.28. The molecule has 1 aliphatic rings. The van der Waals surface area contributed by atoms with Crippen molar-refractivity contribution in [1.29, 1.82) is 0 Å². The third-order valence-corrected chi connectivity index (χ3v) is 6.35. The van der Waals surface area contributed by atoms with E-state index in [0.29, 0.717) is 6.54 Å². The van der Waals surface area contributed by atoms with Crippen LogP contribution < -0.4 is 10.2 Å². The summed E-state index contributed by atoms with van der Waals surface area (Å²) < 4.78 is 1.96. The molecule has 5 heteroatoms.